The van der Waals surface area contributed by atoms with Crippen LogP contribution in [0.1, 0.15) is 102 Å². The highest BCUT2D eigenvalue weighted by atomic mass is 32.2. The van der Waals surface area contributed by atoms with E-state index in [9.17, 15) is 57.9 Å². The maximum atomic E-state index is 13.8. The first kappa shape index (κ1) is 65.6. The maximum Gasteiger partial charge on any atom is 0.409 e. The van der Waals surface area contributed by atoms with Gasteiger partial charge in [0, 0.05) is 73.8 Å². The van der Waals surface area contributed by atoms with Crippen molar-refractivity contribution < 1.29 is 86.2 Å². The second-order valence-corrected chi connectivity index (χ2v) is 28.4. The van der Waals surface area contributed by atoms with E-state index >= 15 is 0 Å². The number of rotatable bonds is 24. The number of hydrogen-bond acceptors (Lipinski definition) is 21. The summed E-state index contributed by atoms with van der Waals surface area (Å²) >= 11 is 1.40. The van der Waals surface area contributed by atoms with Gasteiger partial charge >= 0.3 is 18.0 Å². The lowest BCUT2D eigenvalue weighted by Crippen LogP contribution is -2.64. The van der Waals surface area contributed by atoms with E-state index in [0.717, 1.165) is 65.6 Å². The lowest BCUT2D eigenvalue weighted by atomic mass is 9.39. The van der Waals surface area contributed by atoms with Crippen molar-refractivity contribution >= 4 is 72.5 Å². The minimum Gasteiger partial charge on any atom is -0.493 e. The Kier molecular flexibility index (Phi) is 18.5. The van der Waals surface area contributed by atoms with Crippen molar-refractivity contribution in [3.63, 3.8) is 0 Å². The molecule has 5 fully saturated rings. The Morgan fingerprint density at radius 3 is 2.39 bits per heavy atom. The van der Waals surface area contributed by atoms with Crippen molar-refractivity contribution in [3.8, 4) is 22.6 Å². The fourth-order valence-corrected chi connectivity index (χ4v) is 16.7. The van der Waals surface area contributed by atoms with Crippen molar-refractivity contribution in [1.82, 2.24) is 30.0 Å². The van der Waals surface area contributed by atoms with Crippen molar-refractivity contribution in [2.45, 2.75) is 134 Å². The summed E-state index contributed by atoms with van der Waals surface area (Å²) in [6.07, 6.45) is -2.30. The molecule has 3 amide bonds. The first-order chi connectivity index (χ1) is 43.6. The number of likely N-dealkylation sites (N-methyl/N-ethyl adjacent to an activating group) is 1. The number of hydrogen-bond donors (Lipinski definition) is 9. The average molecular weight is 1310 g/mol. The lowest BCUT2D eigenvalue weighted by Gasteiger charge is -2.69. The number of nitrogens with two attached hydrogens (primary N) is 1. The van der Waals surface area contributed by atoms with Crippen molar-refractivity contribution in [2.24, 2.45) is 22.0 Å². The van der Waals surface area contributed by atoms with Crippen LogP contribution in [0.15, 0.2) is 79.0 Å². The monoisotopic (exact) mass is 1310 g/mol. The minimum atomic E-state index is -4.51. The zero-order valence-corrected chi connectivity index (χ0v) is 52.8. The minimum absolute atomic E-state index is 0.0283. The largest absolute Gasteiger partial charge is 0.493 e. The summed E-state index contributed by atoms with van der Waals surface area (Å²) in [6.45, 7) is 8.04. The number of nitrogens with zero attached hydrogens (tertiary/aromatic N) is 6. The molecule has 92 heavy (non-hydrogen) atoms. The molecule has 3 aromatic heterocycles. The van der Waals surface area contributed by atoms with E-state index < -0.39 is 82.2 Å². The highest BCUT2D eigenvalue weighted by Crippen LogP contribution is 2.72. The molecule has 492 valence electrons. The summed E-state index contributed by atoms with van der Waals surface area (Å²) in [5.41, 5.74) is 10.1. The summed E-state index contributed by atoms with van der Waals surface area (Å²) in [7, 11) is -2.93. The summed E-state index contributed by atoms with van der Waals surface area (Å²) in [5, 5.41) is 62.3. The normalized spacial score (nSPS) is 26.0. The van der Waals surface area contributed by atoms with Gasteiger partial charge in [0.2, 0.25) is 12.2 Å². The van der Waals surface area contributed by atoms with Gasteiger partial charge in [0.05, 0.1) is 41.0 Å². The molecule has 10 N–H and O–H groups in total. The van der Waals surface area contributed by atoms with Crippen LogP contribution < -0.4 is 30.7 Å². The van der Waals surface area contributed by atoms with E-state index in [1.807, 2.05) is 59.0 Å². The van der Waals surface area contributed by atoms with Crippen molar-refractivity contribution in [2.75, 3.05) is 55.9 Å². The number of aliphatic hydroxyl groups is 3. The van der Waals surface area contributed by atoms with E-state index in [1.54, 1.807) is 25.4 Å². The molecule has 4 saturated carbocycles. The second-order valence-electron chi connectivity index (χ2n) is 25.9. The smallest absolute Gasteiger partial charge is 0.409 e. The number of para-hydroxylation sites is 1. The molecule has 2 aliphatic heterocycles. The van der Waals surface area contributed by atoms with Crippen LogP contribution in [-0.4, -0.2) is 181 Å². The molecule has 4 bridgehead atoms. The van der Waals surface area contributed by atoms with Gasteiger partial charge in [0.1, 0.15) is 48.3 Å². The number of anilines is 2. The first-order valence-corrected chi connectivity index (χ1v) is 32.7. The third-order valence-corrected chi connectivity index (χ3v) is 19.9. The van der Waals surface area contributed by atoms with Gasteiger partial charge in [-0.05, 0) is 128 Å². The highest BCUT2D eigenvalue weighted by Gasteiger charge is 2.66. The summed E-state index contributed by atoms with van der Waals surface area (Å²) < 4.78 is 64.1. The number of aliphatic carboxylic acids is 1. The van der Waals surface area contributed by atoms with Crippen LogP contribution in [0.3, 0.4) is 0 Å². The number of amides is 3. The number of ether oxygens (including phenoxy) is 5. The van der Waals surface area contributed by atoms with Crippen LogP contribution in [0.2, 0.25) is 0 Å². The number of carbonyl (C=O) groups is 5. The Labute approximate surface area is 533 Å². The molecule has 1 saturated heterocycles. The van der Waals surface area contributed by atoms with Gasteiger partial charge in [0.25, 0.3) is 16.0 Å². The Morgan fingerprint density at radius 2 is 1.66 bits per heavy atom. The van der Waals surface area contributed by atoms with E-state index in [1.165, 1.54) is 34.4 Å². The molecule has 8 atom stereocenters. The number of pyridine rings is 1. The van der Waals surface area contributed by atoms with Crippen LogP contribution in [0.4, 0.5) is 15.7 Å². The van der Waals surface area contributed by atoms with Gasteiger partial charge in [-0.15, -0.1) is 0 Å². The standard InChI is InChI=1S/C63H75N9O18S2/c1-35-41(39-15-16-47(68-48(39)55(78)79)71-19-17-36-9-7-10-40(42(36)25-71)53(76)69-58-67-44-11-5-6-12-46(44)91-58)24-66-72(35)34-62-29-60(2)28-61(3,30-62)32-63(31-60,33-62)88-22-20-70(4)59(82)87-26-37-13-14-38(89-57-51(75)49(73)50(74)52(90-57)56(80)81)23-45(37)86-21-8-18-65-54(77)43(64)27-92(83,84)85/h5-7,9-16,23-24,43,49-52,57,73-75H,8,17-22,25-34,64H2,1-4H3,(H,65,77)(H,78,79)(H,80,81)(H,67,69,76)(H,83,84,85)/t43?,49-,50-,51+,52-,57+,60?,61?,62?,63?/m0/s1. The van der Waals surface area contributed by atoms with Gasteiger partial charge in [-0.2, -0.15) is 13.5 Å². The Bertz CT molecular complexity index is 3890. The molecule has 0 spiro atoms. The SMILES string of the molecule is Cc1c(-c2ccc(N3CCc4cccc(C(=O)Nc5nc6ccccc6s5)c4C3)nc2C(=O)O)cnn1CC12CC3(C)CC(C)(C1)CC(OCCN(C)C(=O)OCc1ccc(O[C@@H]4O[C@H](C(=O)O)[C@@H](O)[C@H](O)[C@H]4O)cc1OCCCNC(=O)C(N)CS(=O)(=O)O)(C3)C2. The zero-order valence-electron chi connectivity index (χ0n) is 51.1. The number of fused-ring (bicyclic) bond motifs is 2. The fraction of sp³-hybridized carbons (Fsp3) is 0.492. The lowest BCUT2D eigenvalue weighted by molar-refractivity contribution is -0.271. The molecular weight excluding hydrogens is 1230 g/mol. The van der Waals surface area contributed by atoms with Crippen molar-refractivity contribution in [3.05, 3.63) is 113 Å². The van der Waals surface area contributed by atoms with Crippen LogP contribution in [0, 0.1) is 23.2 Å². The van der Waals surface area contributed by atoms with Gasteiger partial charge in [-0.1, -0.05) is 49.4 Å². The highest BCUT2D eigenvalue weighted by molar-refractivity contribution is 7.85. The Morgan fingerprint density at radius 1 is 0.902 bits per heavy atom. The third kappa shape index (κ3) is 14.2. The molecule has 29 heteroatoms. The number of aromatic nitrogens is 4. The maximum absolute atomic E-state index is 13.8. The number of thiazole rings is 1. The quantitative estimate of drug-likeness (QED) is 0.0279. The molecule has 0 radical (unpaired) electrons. The van der Waals surface area contributed by atoms with Crippen LogP contribution in [0.25, 0.3) is 21.3 Å². The fourth-order valence-electron chi connectivity index (χ4n) is 15.2. The van der Waals surface area contributed by atoms with Crippen LogP contribution >= 0.6 is 11.3 Å². The van der Waals surface area contributed by atoms with Crippen LogP contribution in [0.5, 0.6) is 11.5 Å². The number of aromatic carboxylic acids is 1. The topological polar surface area (TPSA) is 387 Å². The molecule has 27 nitrogen and oxygen atoms in total. The van der Waals surface area contributed by atoms with Gasteiger partial charge in [-0.25, -0.2) is 24.4 Å². The summed E-state index contributed by atoms with van der Waals surface area (Å²) in [4.78, 5) is 77.4. The molecule has 4 aliphatic carbocycles. The molecule has 3 aromatic carbocycles. The number of benzene rings is 3. The second kappa shape index (κ2) is 25.9. The van der Waals surface area contributed by atoms with Gasteiger partial charge < -0.3 is 70.1 Å². The van der Waals surface area contributed by atoms with Gasteiger partial charge in [-0.3, -0.25) is 24.1 Å². The molecule has 12 rings (SSSR count). The number of aliphatic hydroxyl groups excluding tert-OH is 3. The van der Waals surface area contributed by atoms with Crippen LogP contribution in [-0.2, 0) is 60.0 Å². The number of carbonyl (C=O) groups excluding carboxylic acids is 3. The summed E-state index contributed by atoms with van der Waals surface area (Å²) in [5.74, 6) is -4.35. The zero-order chi connectivity index (χ0) is 65.7. The van der Waals surface area contributed by atoms with E-state index in [4.69, 9.17) is 44.1 Å². The average Bonchev–Trinajstić information content (AvgIpc) is 0.695. The molecule has 3 unspecified atom stereocenters. The third-order valence-electron chi connectivity index (χ3n) is 18.2. The number of carboxylic acids is 2. The number of carboxylic acid groups (broad SMARTS) is 2. The number of nitrogens with one attached hydrogen (secondary N) is 2. The predicted octanol–water partition coefficient (Wildman–Crippen LogP) is 5.15. The van der Waals surface area contributed by atoms with Gasteiger partial charge in [0.15, 0.2) is 16.9 Å². The molecule has 6 aliphatic rings. The van der Waals surface area contributed by atoms with Crippen molar-refractivity contribution in [1.29, 1.82) is 0 Å². The Hall–Kier alpha value is -7.87. The summed E-state index contributed by atoms with van der Waals surface area (Å²) in [6, 6.07) is 19.7. The van der Waals surface area contributed by atoms with E-state index in [0.29, 0.717) is 59.3 Å². The molecule has 5 heterocycles. The predicted molar refractivity (Wildman–Crippen MR) is 333 cm³/mol. The first-order valence-electron chi connectivity index (χ1n) is 30.3. The van der Waals surface area contributed by atoms with E-state index in [-0.39, 0.29) is 78.7 Å². The molecule has 6 aromatic rings. The van der Waals surface area contributed by atoms with E-state index in [2.05, 4.69) is 29.5 Å². The molecular formula is C63H75N9O18S2. The Balaban J connectivity index is 0.726.